The van der Waals surface area contributed by atoms with Gasteiger partial charge in [0.15, 0.2) is 0 Å². The van der Waals surface area contributed by atoms with E-state index >= 15 is 0 Å². The first kappa shape index (κ1) is 12.6. The van der Waals surface area contributed by atoms with Gasteiger partial charge in [-0.15, -0.1) is 0 Å². The van der Waals surface area contributed by atoms with Gasteiger partial charge in [-0.3, -0.25) is 0 Å². The monoisotopic (exact) mass is 245 g/mol. The van der Waals surface area contributed by atoms with E-state index in [4.69, 9.17) is 16.9 Å². The Hall–Kier alpha value is -1.47. The maximum atomic E-state index is 12.4. The Kier molecular flexibility index (Phi) is 3.97. The first-order valence-corrected chi connectivity index (χ1v) is 4.73. The summed E-state index contributed by atoms with van der Waals surface area (Å²) >= 11 is 5.72. The van der Waals surface area contributed by atoms with Crippen molar-refractivity contribution in [2.24, 2.45) is 0 Å². The molecule has 0 spiro atoms. The Morgan fingerprint density at radius 1 is 1.38 bits per heavy atom. The molecule has 0 aliphatic heterocycles. The maximum absolute atomic E-state index is 12.4. The molecule has 0 amide bonds. The highest BCUT2D eigenvalue weighted by atomic mass is 35.5. The number of rotatable bonds is 2. The molecular formula is C11H7ClF3N. The molecule has 0 atom stereocenters. The molecule has 0 unspecified atom stereocenters. The van der Waals surface area contributed by atoms with Gasteiger partial charge in [-0.2, -0.15) is 18.4 Å². The van der Waals surface area contributed by atoms with E-state index in [0.717, 1.165) is 12.1 Å². The summed E-state index contributed by atoms with van der Waals surface area (Å²) in [4.78, 5) is 0. The summed E-state index contributed by atoms with van der Waals surface area (Å²) in [6.07, 6.45) is -1.39. The fraction of sp³-hybridized carbons (Fsp3) is 0.182. The van der Waals surface area contributed by atoms with Gasteiger partial charge in [-0.1, -0.05) is 23.8 Å². The fourth-order valence-electron chi connectivity index (χ4n) is 1.09. The summed E-state index contributed by atoms with van der Waals surface area (Å²) in [5.74, 6) is 0. The van der Waals surface area contributed by atoms with Gasteiger partial charge in [-0.25, -0.2) is 0 Å². The lowest BCUT2D eigenvalue weighted by Gasteiger charge is -2.08. The van der Waals surface area contributed by atoms with Gasteiger partial charge in [0.2, 0.25) is 0 Å². The first-order chi connectivity index (χ1) is 7.45. The van der Waals surface area contributed by atoms with Crippen LogP contribution >= 0.6 is 11.6 Å². The van der Waals surface area contributed by atoms with Crippen molar-refractivity contribution in [1.29, 1.82) is 5.26 Å². The molecule has 5 heteroatoms. The van der Waals surface area contributed by atoms with Gasteiger partial charge in [0.1, 0.15) is 0 Å². The van der Waals surface area contributed by atoms with E-state index in [0.29, 0.717) is 0 Å². The number of allylic oxidation sites excluding steroid dienone is 1. The topological polar surface area (TPSA) is 23.8 Å². The standard InChI is InChI=1S/C11H7ClF3N/c12-10-5-4-9(11(13,14)15)7-8(10)3-1-2-6-16/h1,3-5,7H,2H2. The second-order valence-electron chi connectivity index (χ2n) is 3.00. The summed E-state index contributed by atoms with van der Waals surface area (Å²) in [6.45, 7) is 0. The van der Waals surface area contributed by atoms with Crippen molar-refractivity contribution >= 4 is 17.7 Å². The summed E-state index contributed by atoms with van der Waals surface area (Å²) in [7, 11) is 0. The quantitative estimate of drug-likeness (QED) is 0.763. The molecule has 1 aromatic carbocycles. The van der Waals surface area contributed by atoms with E-state index < -0.39 is 11.7 Å². The van der Waals surface area contributed by atoms with Gasteiger partial charge in [0.05, 0.1) is 18.1 Å². The summed E-state index contributed by atoms with van der Waals surface area (Å²) in [5, 5.41) is 8.51. The largest absolute Gasteiger partial charge is 0.416 e. The highest BCUT2D eigenvalue weighted by Crippen LogP contribution is 2.32. The average Bonchev–Trinajstić information content (AvgIpc) is 2.19. The maximum Gasteiger partial charge on any atom is 0.416 e. The molecule has 0 fully saturated rings. The Morgan fingerprint density at radius 3 is 2.62 bits per heavy atom. The number of hydrogen-bond donors (Lipinski definition) is 0. The molecule has 1 rings (SSSR count). The van der Waals surface area contributed by atoms with Crippen LogP contribution in [0.2, 0.25) is 5.02 Å². The Morgan fingerprint density at radius 2 is 2.06 bits per heavy atom. The van der Waals surface area contributed by atoms with Gasteiger partial charge < -0.3 is 0 Å². The van der Waals surface area contributed by atoms with Crippen LogP contribution in [0.3, 0.4) is 0 Å². The molecule has 0 radical (unpaired) electrons. The van der Waals surface area contributed by atoms with Gasteiger partial charge in [0.25, 0.3) is 0 Å². The van der Waals surface area contributed by atoms with Crippen LogP contribution in [0.25, 0.3) is 6.08 Å². The summed E-state index contributed by atoms with van der Waals surface area (Å²) < 4.78 is 37.1. The molecule has 16 heavy (non-hydrogen) atoms. The number of alkyl halides is 3. The predicted octanol–water partition coefficient (Wildman–Crippen LogP) is 4.29. The van der Waals surface area contributed by atoms with E-state index in [1.165, 1.54) is 18.2 Å². The van der Waals surface area contributed by atoms with E-state index in [2.05, 4.69) is 0 Å². The zero-order chi connectivity index (χ0) is 12.2. The molecule has 0 N–H and O–H groups in total. The van der Waals surface area contributed by atoms with Crippen LogP contribution < -0.4 is 0 Å². The van der Waals surface area contributed by atoms with Crippen LogP contribution in [-0.2, 0) is 6.18 Å². The van der Waals surface area contributed by atoms with Crippen molar-refractivity contribution in [3.8, 4) is 6.07 Å². The number of benzene rings is 1. The Balaban J connectivity index is 3.05. The third-order valence-electron chi connectivity index (χ3n) is 1.83. The lowest BCUT2D eigenvalue weighted by Crippen LogP contribution is -2.04. The van der Waals surface area contributed by atoms with Gasteiger partial charge >= 0.3 is 6.18 Å². The molecule has 1 nitrogen and oxygen atoms in total. The van der Waals surface area contributed by atoms with Crippen LogP contribution in [0.5, 0.6) is 0 Å². The number of nitrogens with zero attached hydrogens (tertiary/aromatic N) is 1. The van der Waals surface area contributed by atoms with E-state index in [9.17, 15) is 13.2 Å². The smallest absolute Gasteiger partial charge is 0.198 e. The lowest BCUT2D eigenvalue weighted by molar-refractivity contribution is -0.137. The van der Waals surface area contributed by atoms with Crippen molar-refractivity contribution in [3.05, 3.63) is 40.4 Å². The molecular weight excluding hydrogens is 239 g/mol. The fourth-order valence-corrected chi connectivity index (χ4v) is 1.27. The minimum atomic E-state index is -4.39. The Labute approximate surface area is 95.8 Å². The highest BCUT2D eigenvalue weighted by molar-refractivity contribution is 6.32. The normalized spacial score (nSPS) is 11.7. The van der Waals surface area contributed by atoms with E-state index in [1.807, 2.05) is 6.07 Å². The molecule has 0 saturated carbocycles. The molecule has 0 bridgehead atoms. The second-order valence-corrected chi connectivity index (χ2v) is 3.41. The van der Waals surface area contributed by atoms with Crippen LogP contribution in [0.1, 0.15) is 17.5 Å². The van der Waals surface area contributed by atoms with Crippen LogP contribution in [0.15, 0.2) is 24.3 Å². The van der Waals surface area contributed by atoms with Crippen LogP contribution in [0.4, 0.5) is 13.2 Å². The zero-order valence-corrected chi connectivity index (χ0v) is 8.81. The molecule has 0 aliphatic carbocycles. The molecule has 84 valence electrons. The highest BCUT2D eigenvalue weighted by Gasteiger charge is 2.30. The lowest BCUT2D eigenvalue weighted by atomic mass is 10.1. The zero-order valence-electron chi connectivity index (χ0n) is 8.05. The Bertz CT molecular complexity index is 444. The number of nitriles is 1. The molecule has 0 aromatic heterocycles. The van der Waals surface area contributed by atoms with E-state index in [1.54, 1.807) is 0 Å². The van der Waals surface area contributed by atoms with Crippen molar-refractivity contribution in [3.63, 3.8) is 0 Å². The molecule has 0 saturated heterocycles. The SMILES string of the molecule is N#CCC=Cc1cc(C(F)(F)F)ccc1Cl. The predicted molar refractivity (Wildman–Crippen MR) is 55.7 cm³/mol. The third kappa shape index (κ3) is 3.28. The van der Waals surface area contributed by atoms with Crippen LogP contribution in [-0.4, -0.2) is 0 Å². The molecule has 0 aliphatic rings. The minimum absolute atomic E-state index is 0.132. The summed E-state index contributed by atoms with van der Waals surface area (Å²) in [6, 6.07) is 4.92. The van der Waals surface area contributed by atoms with Gasteiger partial charge in [0, 0.05) is 5.02 Å². The van der Waals surface area contributed by atoms with Crippen molar-refractivity contribution < 1.29 is 13.2 Å². The van der Waals surface area contributed by atoms with Crippen molar-refractivity contribution in [1.82, 2.24) is 0 Å². The first-order valence-electron chi connectivity index (χ1n) is 4.35. The van der Waals surface area contributed by atoms with Crippen LogP contribution in [0, 0.1) is 11.3 Å². The van der Waals surface area contributed by atoms with Gasteiger partial charge in [-0.05, 0) is 23.8 Å². The van der Waals surface area contributed by atoms with Crippen molar-refractivity contribution in [2.45, 2.75) is 12.6 Å². The third-order valence-corrected chi connectivity index (χ3v) is 2.17. The number of hydrogen-bond acceptors (Lipinski definition) is 1. The van der Waals surface area contributed by atoms with Crippen molar-refractivity contribution in [2.75, 3.05) is 0 Å². The molecule has 1 aromatic rings. The molecule has 0 heterocycles. The second kappa shape index (κ2) is 5.04. The summed E-state index contributed by atoms with van der Waals surface area (Å²) in [5.41, 5.74) is -0.500. The van der Waals surface area contributed by atoms with E-state index in [-0.39, 0.29) is 17.0 Å². The number of halogens is 4. The average molecular weight is 246 g/mol. The minimum Gasteiger partial charge on any atom is -0.198 e.